The van der Waals surface area contributed by atoms with Crippen molar-refractivity contribution in [3.05, 3.63) is 12.2 Å². The van der Waals surface area contributed by atoms with Crippen LogP contribution in [0.2, 0.25) is 0 Å². The van der Waals surface area contributed by atoms with Gasteiger partial charge in [-0.1, -0.05) is 12.2 Å². The van der Waals surface area contributed by atoms with Gasteiger partial charge >= 0.3 is 0 Å². The molecule has 1 fully saturated rings. The topological polar surface area (TPSA) is 29.1 Å². The predicted octanol–water partition coefficient (Wildman–Crippen LogP) is 0.451. The van der Waals surface area contributed by atoms with E-state index in [-0.39, 0.29) is 5.91 Å². The molecule has 1 aliphatic carbocycles. The molecule has 2 rings (SSSR count). The fraction of sp³-hybridized carbons (Fsp3) is 0.571. The molecular weight excluding hydrogens is 114 g/mol. The van der Waals surface area contributed by atoms with E-state index in [1.807, 2.05) is 0 Å². The first-order chi connectivity index (χ1) is 4.38. The first-order valence-electron chi connectivity index (χ1n) is 3.35. The predicted molar refractivity (Wildman–Crippen MR) is 33.8 cm³/mol. The van der Waals surface area contributed by atoms with Crippen molar-refractivity contribution >= 4 is 5.91 Å². The van der Waals surface area contributed by atoms with Crippen molar-refractivity contribution < 1.29 is 4.79 Å². The third kappa shape index (κ3) is 0.590. The van der Waals surface area contributed by atoms with Gasteiger partial charge in [0.05, 0.1) is 12.0 Å². The first kappa shape index (κ1) is 5.03. The van der Waals surface area contributed by atoms with E-state index >= 15 is 0 Å². The Morgan fingerprint density at radius 1 is 1.67 bits per heavy atom. The van der Waals surface area contributed by atoms with Crippen LogP contribution in [-0.2, 0) is 4.79 Å². The Labute approximate surface area is 53.9 Å². The van der Waals surface area contributed by atoms with Crippen LogP contribution in [0.15, 0.2) is 12.2 Å². The van der Waals surface area contributed by atoms with Crippen molar-refractivity contribution in [1.29, 1.82) is 0 Å². The van der Waals surface area contributed by atoms with Gasteiger partial charge in [0.1, 0.15) is 0 Å². The maximum atomic E-state index is 10.7. The van der Waals surface area contributed by atoms with Crippen molar-refractivity contribution in [3.8, 4) is 0 Å². The maximum absolute atomic E-state index is 10.7. The van der Waals surface area contributed by atoms with E-state index in [1.54, 1.807) is 0 Å². The monoisotopic (exact) mass is 123 g/mol. The minimum Gasteiger partial charge on any atom is -0.349 e. The van der Waals surface area contributed by atoms with Gasteiger partial charge in [0.25, 0.3) is 0 Å². The number of rotatable bonds is 0. The van der Waals surface area contributed by atoms with Crippen LogP contribution < -0.4 is 5.32 Å². The molecular formula is C7H9NO. The van der Waals surface area contributed by atoms with Gasteiger partial charge in [-0.05, 0) is 12.8 Å². The van der Waals surface area contributed by atoms with Crippen LogP contribution in [0.4, 0.5) is 0 Å². The Balaban J connectivity index is 2.14. The number of β-lactam (4-membered cyclic amide) rings is 1. The number of carbonyl (C=O) groups is 1. The zero-order chi connectivity index (χ0) is 6.27. The molecule has 0 radical (unpaired) electrons. The van der Waals surface area contributed by atoms with Gasteiger partial charge < -0.3 is 5.32 Å². The molecule has 0 unspecified atom stereocenters. The van der Waals surface area contributed by atoms with Crippen LogP contribution in [0, 0.1) is 5.92 Å². The third-order valence-electron chi connectivity index (χ3n) is 2.07. The highest BCUT2D eigenvalue weighted by molar-refractivity contribution is 5.86. The minimum atomic E-state index is 0.240. The van der Waals surface area contributed by atoms with Crippen LogP contribution >= 0.6 is 0 Å². The molecule has 1 aliphatic heterocycles. The van der Waals surface area contributed by atoms with Crippen molar-refractivity contribution in [2.45, 2.75) is 18.9 Å². The summed E-state index contributed by atoms with van der Waals surface area (Å²) in [7, 11) is 0. The Morgan fingerprint density at radius 2 is 2.56 bits per heavy atom. The number of amides is 1. The van der Waals surface area contributed by atoms with Crippen LogP contribution in [-0.4, -0.2) is 11.9 Å². The molecule has 0 bridgehead atoms. The smallest absolute Gasteiger partial charge is 0.226 e. The van der Waals surface area contributed by atoms with E-state index in [1.165, 1.54) is 0 Å². The van der Waals surface area contributed by atoms with Crippen molar-refractivity contribution in [2.24, 2.45) is 5.92 Å². The molecule has 1 N–H and O–H groups in total. The summed E-state index contributed by atoms with van der Waals surface area (Å²) in [5.74, 6) is 0.555. The maximum Gasteiger partial charge on any atom is 0.226 e. The third-order valence-corrected chi connectivity index (χ3v) is 2.07. The van der Waals surface area contributed by atoms with Crippen LogP contribution in [0.3, 0.4) is 0 Å². The number of hydrogen-bond donors (Lipinski definition) is 1. The highest BCUT2D eigenvalue weighted by Gasteiger charge is 2.37. The van der Waals surface area contributed by atoms with Gasteiger partial charge in [-0.3, -0.25) is 4.79 Å². The lowest BCUT2D eigenvalue weighted by molar-refractivity contribution is -0.134. The molecule has 1 saturated heterocycles. The summed E-state index contributed by atoms with van der Waals surface area (Å²) in [6, 6.07) is 0.381. The molecule has 48 valence electrons. The van der Waals surface area contributed by atoms with Gasteiger partial charge in [-0.2, -0.15) is 0 Å². The van der Waals surface area contributed by atoms with Gasteiger partial charge in [-0.15, -0.1) is 0 Å². The molecule has 1 amide bonds. The van der Waals surface area contributed by atoms with E-state index in [0.29, 0.717) is 12.0 Å². The number of hydrogen-bond acceptors (Lipinski definition) is 1. The lowest BCUT2D eigenvalue weighted by Gasteiger charge is -2.36. The van der Waals surface area contributed by atoms with Crippen molar-refractivity contribution in [2.75, 3.05) is 0 Å². The summed E-state index contributed by atoms with van der Waals surface area (Å²) in [6.45, 7) is 0. The van der Waals surface area contributed by atoms with E-state index in [0.717, 1.165) is 12.8 Å². The normalized spacial score (nSPS) is 38.9. The molecule has 0 aromatic carbocycles. The van der Waals surface area contributed by atoms with Crippen LogP contribution in [0.1, 0.15) is 12.8 Å². The number of fused-ring (bicyclic) bond motifs is 1. The zero-order valence-corrected chi connectivity index (χ0v) is 5.13. The van der Waals surface area contributed by atoms with Crippen LogP contribution in [0.5, 0.6) is 0 Å². The van der Waals surface area contributed by atoms with E-state index < -0.39 is 0 Å². The molecule has 0 saturated carbocycles. The average Bonchev–Trinajstić information content (AvgIpc) is 1.86. The Kier molecular flexibility index (Phi) is 0.891. The fourth-order valence-electron chi connectivity index (χ4n) is 1.45. The molecule has 0 aromatic heterocycles. The zero-order valence-electron chi connectivity index (χ0n) is 5.13. The summed E-state index contributed by atoms with van der Waals surface area (Å²) >= 11 is 0. The SMILES string of the molecule is O=C1N[C@H]2C=CCC[C@@H]12. The van der Waals surface area contributed by atoms with E-state index in [9.17, 15) is 4.79 Å². The second-order valence-electron chi connectivity index (χ2n) is 2.65. The minimum absolute atomic E-state index is 0.240. The van der Waals surface area contributed by atoms with E-state index in [2.05, 4.69) is 17.5 Å². The molecule has 2 atom stereocenters. The summed E-state index contributed by atoms with van der Waals surface area (Å²) in [6.07, 6.45) is 6.36. The Hall–Kier alpha value is -0.790. The molecule has 9 heavy (non-hydrogen) atoms. The van der Waals surface area contributed by atoms with Gasteiger partial charge in [0, 0.05) is 0 Å². The molecule has 2 nitrogen and oxygen atoms in total. The number of nitrogens with one attached hydrogen (secondary N) is 1. The van der Waals surface area contributed by atoms with Crippen molar-refractivity contribution in [3.63, 3.8) is 0 Å². The van der Waals surface area contributed by atoms with E-state index in [4.69, 9.17) is 0 Å². The molecule has 2 heteroatoms. The van der Waals surface area contributed by atoms with Gasteiger partial charge in [0.15, 0.2) is 0 Å². The highest BCUT2D eigenvalue weighted by Crippen LogP contribution is 2.25. The van der Waals surface area contributed by atoms with Gasteiger partial charge in [-0.25, -0.2) is 0 Å². The Morgan fingerprint density at radius 3 is 3.11 bits per heavy atom. The largest absolute Gasteiger partial charge is 0.349 e. The lowest BCUT2D eigenvalue weighted by atomic mass is 9.83. The van der Waals surface area contributed by atoms with Crippen LogP contribution in [0.25, 0.3) is 0 Å². The standard InChI is InChI=1S/C7H9NO/c9-7-5-3-1-2-4-6(5)8-7/h2,4-6H,1,3H2,(H,8,9)/t5-,6+/m1/s1. The van der Waals surface area contributed by atoms with Crippen molar-refractivity contribution in [1.82, 2.24) is 5.32 Å². The second-order valence-corrected chi connectivity index (χ2v) is 2.65. The second kappa shape index (κ2) is 1.59. The fourth-order valence-corrected chi connectivity index (χ4v) is 1.45. The lowest BCUT2D eigenvalue weighted by Crippen LogP contribution is -2.57. The average molecular weight is 123 g/mol. The highest BCUT2D eigenvalue weighted by atomic mass is 16.2. The molecule has 2 aliphatic rings. The molecule has 0 aromatic rings. The summed E-state index contributed by atoms with van der Waals surface area (Å²) in [4.78, 5) is 10.7. The summed E-state index contributed by atoms with van der Waals surface area (Å²) in [5, 5.41) is 2.82. The first-order valence-corrected chi connectivity index (χ1v) is 3.35. The number of carbonyl (C=O) groups excluding carboxylic acids is 1. The summed E-state index contributed by atoms with van der Waals surface area (Å²) in [5.41, 5.74) is 0. The van der Waals surface area contributed by atoms with Gasteiger partial charge in [0.2, 0.25) is 5.91 Å². The summed E-state index contributed by atoms with van der Waals surface area (Å²) < 4.78 is 0. The number of allylic oxidation sites excluding steroid dienone is 1. The quantitative estimate of drug-likeness (QED) is 0.368. The Bertz CT molecular complexity index is 174. The molecule has 1 heterocycles. The molecule has 0 spiro atoms.